The number of anilines is 1. The predicted octanol–water partition coefficient (Wildman–Crippen LogP) is 2.93. The largest absolute Gasteiger partial charge is 0.418 e. The Hall–Kier alpha value is -2.42. The minimum Gasteiger partial charge on any atom is -0.369 e. The standard InChI is InChI=1S/C21H26F3N5O/c1-13-11-29(12-15(13)20(30)27-14-5-9-28(2)10-6-14)17-4-3-16(21(22,23)24)18-19(17)26-8-7-25-18/h3-4,7-8,13-15H,5-6,9-12H2,1-2H3,(H,27,30)/t13-,15-/m0/s1. The van der Waals surface area contributed by atoms with Crippen molar-refractivity contribution in [2.24, 2.45) is 11.8 Å². The Morgan fingerprint density at radius 1 is 1.10 bits per heavy atom. The van der Waals surface area contributed by atoms with E-state index in [4.69, 9.17) is 0 Å². The quantitative estimate of drug-likeness (QED) is 0.826. The van der Waals surface area contributed by atoms with Gasteiger partial charge in [0.15, 0.2) is 0 Å². The second-order valence-electron chi connectivity index (χ2n) is 8.46. The monoisotopic (exact) mass is 421 g/mol. The summed E-state index contributed by atoms with van der Waals surface area (Å²) >= 11 is 0. The van der Waals surface area contributed by atoms with Crippen molar-refractivity contribution in [3.8, 4) is 0 Å². The predicted molar refractivity (Wildman–Crippen MR) is 108 cm³/mol. The lowest BCUT2D eigenvalue weighted by Gasteiger charge is -2.30. The Kier molecular flexibility index (Phi) is 5.57. The Labute approximate surface area is 173 Å². The summed E-state index contributed by atoms with van der Waals surface area (Å²) in [6.07, 6.45) is 0.0432. The lowest BCUT2D eigenvalue weighted by molar-refractivity contribution is -0.136. The van der Waals surface area contributed by atoms with Crippen LogP contribution < -0.4 is 10.2 Å². The van der Waals surface area contributed by atoms with E-state index in [-0.39, 0.29) is 34.8 Å². The molecule has 1 aromatic carbocycles. The molecule has 3 heterocycles. The molecule has 6 nitrogen and oxygen atoms in total. The number of aromatic nitrogens is 2. The van der Waals surface area contributed by atoms with Gasteiger partial charge in [-0.15, -0.1) is 0 Å². The molecule has 9 heteroatoms. The van der Waals surface area contributed by atoms with Crippen LogP contribution in [0.2, 0.25) is 0 Å². The van der Waals surface area contributed by atoms with Crippen LogP contribution in [0.1, 0.15) is 25.3 Å². The van der Waals surface area contributed by atoms with Gasteiger partial charge in [0.1, 0.15) is 11.0 Å². The summed E-state index contributed by atoms with van der Waals surface area (Å²) in [7, 11) is 2.08. The van der Waals surface area contributed by atoms with E-state index in [2.05, 4.69) is 27.2 Å². The molecule has 2 atom stereocenters. The number of piperidine rings is 1. The number of rotatable bonds is 3. The van der Waals surface area contributed by atoms with E-state index in [1.54, 1.807) is 0 Å². The molecule has 0 unspecified atom stereocenters. The van der Waals surface area contributed by atoms with E-state index < -0.39 is 11.7 Å². The molecular formula is C21H26F3N5O. The molecule has 2 fully saturated rings. The van der Waals surface area contributed by atoms with Crippen LogP contribution in [0.4, 0.5) is 18.9 Å². The highest BCUT2D eigenvalue weighted by Crippen LogP contribution is 2.38. The lowest BCUT2D eigenvalue weighted by atomic mass is 9.96. The average molecular weight is 421 g/mol. The van der Waals surface area contributed by atoms with Crippen molar-refractivity contribution >= 4 is 22.6 Å². The first kappa shape index (κ1) is 20.8. The number of nitrogens with zero attached hydrogens (tertiary/aromatic N) is 4. The van der Waals surface area contributed by atoms with Crippen molar-refractivity contribution in [2.45, 2.75) is 32.0 Å². The van der Waals surface area contributed by atoms with Gasteiger partial charge in [0, 0.05) is 31.5 Å². The molecule has 0 bridgehead atoms. The first-order chi connectivity index (χ1) is 14.2. The number of amides is 1. The third-order valence-electron chi connectivity index (χ3n) is 6.26. The second kappa shape index (κ2) is 8.02. The number of hydrogen-bond acceptors (Lipinski definition) is 5. The van der Waals surface area contributed by atoms with Crippen LogP contribution in [-0.2, 0) is 11.0 Å². The van der Waals surface area contributed by atoms with E-state index in [0.29, 0.717) is 18.8 Å². The Bertz CT molecular complexity index is 926. The summed E-state index contributed by atoms with van der Waals surface area (Å²) in [5.41, 5.74) is -0.143. The minimum atomic E-state index is -4.50. The fourth-order valence-corrected chi connectivity index (χ4v) is 4.49. The third kappa shape index (κ3) is 4.08. The topological polar surface area (TPSA) is 61.4 Å². The zero-order valence-electron chi connectivity index (χ0n) is 17.1. The first-order valence-corrected chi connectivity index (χ1v) is 10.3. The molecule has 1 aromatic heterocycles. The van der Waals surface area contributed by atoms with Crippen molar-refractivity contribution in [3.63, 3.8) is 0 Å². The van der Waals surface area contributed by atoms with Crippen LogP contribution in [0.15, 0.2) is 24.5 Å². The van der Waals surface area contributed by atoms with Gasteiger partial charge < -0.3 is 15.1 Å². The van der Waals surface area contributed by atoms with Crippen molar-refractivity contribution in [1.82, 2.24) is 20.2 Å². The Morgan fingerprint density at radius 3 is 2.43 bits per heavy atom. The van der Waals surface area contributed by atoms with Crippen molar-refractivity contribution in [3.05, 3.63) is 30.1 Å². The lowest BCUT2D eigenvalue weighted by Crippen LogP contribution is -2.46. The number of halogens is 3. The van der Waals surface area contributed by atoms with E-state index in [1.165, 1.54) is 18.5 Å². The van der Waals surface area contributed by atoms with Gasteiger partial charge in [-0.25, -0.2) is 0 Å². The molecule has 2 saturated heterocycles. The number of likely N-dealkylation sites (tertiary alicyclic amines) is 1. The van der Waals surface area contributed by atoms with E-state index in [0.717, 1.165) is 32.0 Å². The summed E-state index contributed by atoms with van der Waals surface area (Å²) in [5, 5.41) is 3.18. The number of carbonyl (C=O) groups excluding carboxylic acids is 1. The molecule has 162 valence electrons. The highest BCUT2D eigenvalue weighted by Gasteiger charge is 2.38. The molecule has 0 saturated carbocycles. The SMILES string of the molecule is C[C@H]1CN(c2ccc(C(F)(F)F)c3nccnc23)C[C@@H]1C(=O)NC1CCN(C)CC1. The van der Waals surface area contributed by atoms with Gasteiger partial charge >= 0.3 is 6.18 Å². The number of benzene rings is 1. The zero-order valence-corrected chi connectivity index (χ0v) is 17.1. The second-order valence-corrected chi connectivity index (χ2v) is 8.46. The molecule has 0 aliphatic carbocycles. The van der Waals surface area contributed by atoms with Crippen LogP contribution in [0.3, 0.4) is 0 Å². The van der Waals surface area contributed by atoms with Crippen LogP contribution in [0.25, 0.3) is 11.0 Å². The van der Waals surface area contributed by atoms with Gasteiger partial charge in [0.25, 0.3) is 0 Å². The zero-order chi connectivity index (χ0) is 21.5. The highest BCUT2D eigenvalue weighted by molar-refractivity contribution is 5.91. The van der Waals surface area contributed by atoms with Crippen LogP contribution in [0.5, 0.6) is 0 Å². The fourth-order valence-electron chi connectivity index (χ4n) is 4.49. The number of alkyl halides is 3. The number of carbonyl (C=O) groups is 1. The highest BCUT2D eigenvalue weighted by atomic mass is 19.4. The van der Waals surface area contributed by atoms with Gasteiger partial charge in [0.2, 0.25) is 5.91 Å². The summed E-state index contributed by atoms with van der Waals surface area (Å²) in [6, 6.07) is 2.69. The average Bonchev–Trinajstić information content (AvgIpc) is 3.09. The van der Waals surface area contributed by atoms with Gasteiger partial charge in [-0.2, -0.15) is 13.2 Å². The van der Waals surface area contributed by atoms with Crippen molar-refractivity contribution < 1.29 is 18.0 Å². The summed E-state index contributed by atoms with van der Waals surface area (Å²) in [4.78, 5) is 25.2. The van der Waals surface area contributed by atoms with Crippen LogP contribution in [-0.4, -0.2) is 60.0 Å². The Morgan fingerprint density at radius 2 is 1.77 bits per heavy atom. The van der Waals surface area contributed by atoms with Crippen LogP contribution >= 0.6 is 0 Å². The van der Waals surface area contributed by atoms with Crippen molar-refractivity contribution in [1.29, 1.82) is 0 Å². The van der Waals surface area contributed by atoms with Gasteiger partial charge in [-0.1, -0.05) is 6.92 Å². The number of fused-ring (bicyclic) bond motifs is 1. The molecule has 30 heavy (non-hydrogen) atoms. The van der Waals surface area contributed by atoms with E-state index in [1.807, 2.05) is 11.8 Å². The Balaban J connectivity index is 1.53. The molecule has 2 aromatic rings. The normalized spacial score (nSPS) is 23.8. The molecule has 4 rings (SSSR count). The summed E-state index contributed by atoms with van der Waals surface area (Å²) < 4.78 is 40.1. The molecule has 2 aliphatic heterocycles. The molecule has 0 radical (unpaired) electrons. The van der Waals surface area contributed by atoms with Crippen molar-refractivity contribution in [2.75, 3.05) is 38.1 Å². The fraction of sp³-hybridized carbons (Fsp3) is 0.571. The maximum Gasteiger partial charge on any atom is 0.418 e. The first-order valence-electron chi connectivity index (χ1n) is 10.3. The molecule has 0 spiro atoms. The maximum absolute atomic E-state index is 13.4. The van der Waals surface area contributed by atoms with E-state index in [9.17, 15) is 18.0 Å². The molecular weight excluding hydrogens is 395 g/mol. The number of nitrogens with one attached hydrogen (secondary N) is 1. The minimum absolute atomic E-state index is 0.0295. The third-order valence-corrected chi connectivity index (χ3v) is 6.26. The summed E-state index contributed by atoms with van der Waals surface area (Å²) in [5.74, 6) is -0.0918. The molecule has 1 amide bonds. The smallest absolute Gasteiger partial charge is 0.369 e. The van der Waals surface area contributed by atoms with Gasteiger partial charge in [0.05, 0.1) is 17.2 Å². The number of hydrogen-bond donors (Lipinski definition) is 1. The molecule has 1 N–H and O–H groups in total. The van der Waals surface area contributed by atoms with E-state index >= 15 is 0 Å². The summed E-state index contributed by atoms with van der Waals surface area (Å²) in [6.45, 7) is 4.98. The van der Waals surface area contributed by atoms with Gasteiger partial charge in [-0.05, 0) is 51.0 Å². The maximum atomic E-state index is 13.4. The molecule has 2 aliphatic rings. The van der Waals surface area contributed by atoms with Gasteiger partial charge in [-0.3, -0.25) is 14.8 Å². The van der Waals surface area contributed by atoms with Crippen LogP contribution in [0, 0.1) is 11.8 Å².